The molecule has 0 aromatic heterocycles. The van der Waals surface area contributed by atoms with E-state index in [0.717, 1.165) is 37.0 Å². The number of unbranched alkanes of at least 4 members (excludes halogenated alkanes) is 1. The maximum Gasteiger partial charge on any atom is 0.410 e. The fourth-order valence-electron chi connectivity index (χ4n) is 4.21. The standard InChI is InChI=1S/C23H31F2NO4/c1-2-3-15-29-22(28)26-14-13-23(24,25)21(27)20(26)16-30-19-11-9-18(10-12-19)17-7-5-4-6-8-17/h4-8,18-20H,2-3,9-16H2,1H3. The highest BCUT2D eigenvalue weighted by atomic mass is 19.3. The van der Waals surface area contributed by atoms with Crippen molar-refractivity contribution in [3.63, 3.8) is 0 Å². The van der Waals surface area contributed by atoms with E-state index in [-0.39, 0.29) is 25.9 Å². The molecule has 2 fully saturated rings. The average Bonchev–Trinajstić information content (AvgIpc) is 2.76. The van der Waals surface area contributed by atoms with E-state index in [9.17, 15) is 18.4 Å². The van der Waals surface area contributed by atoms with Gasteiger partial charge in [0.25, 0.3) is 0 Å². The number of Topliss-reactive ketones (excluding diaryl/α,β-unsaturated/α-hetero) is 1. The minimum atomic E-state index is -3.43. The smallest absolute Gasteiger partial charge is 0.410 e. The van der Waals surface area contributed by atoms with E-state index in [1.807, 2.05) is 25.1 Å². The van der Waals surface area contributed by atoms with Gasteiger partial charge in [-0.25, -0.2) is 4.79 Å². The zero-order valence-corrected chi connectivity index (χ0v) is 17.5. The fourth-order valence-corrected chi connectivity index (χ4v) is 4.21. The van der Waals surface area contributed by atoms with E-state index < -0.39 is 30.3 Å². The van der Waals surface area contributed by atoms with Crippen molar-refractivity contribution in [1.29, 1.82) is 0 Å². The van der Waals surface area contributed by atoms with Gasteiger partial charge < -0.3 is 9.47 Å². The summed E-state index contributed by atoms with van der Waals surface area (Å²) in [6.45, 7) is 1.76. The molecule has 1 heterocycles. The summed E-state index contributed by atoms with van der Waals surface area (Å²) in [5.74, 6) is -4.21. The van der Waals surface area contributed by atoms with Gasteiger partial charge in [0.05, 0.1) is 19.3 Å². The van der Waals surface area contributed by atoms with Crippen LogP contribution < -0.4 is 0 Å². The van der Waals surface area contributed by atoms with Gasteiger partial charge in [-0.3, -0.25) is 9.69 Å². The van der Waals surface area contributed by atoms with Crippen molar-refractivity contribution in [2.45, 2.75) is 75.9 Å². The van der Waals surface area contributed by atoms with Crippen LogP contribution in [0.1, 0.15) is 63.4 Å². The van der Waals surface area contributed by atoms with Gasteiger partial charge >= 0.3 is 12.0 Å². The zero-order valence-electron chi connectivity index (χ0n) is 17.5. The monoisotopic (exact) mass is 423 g/mol. The lowest BCUT2D eigenvalue weighted by molar-refractivity contribution is -0.160. The Kier molecular flexibility index (Phi) is 7.81. The van der Waals surface area contributed by atoms with E-state index in [2.05, 4.69) is 12.1 Å². The topological polar surface area (TPSA) is 55.8 Å². The van der Waals surface area contributed by atoms with Gasteiger partial charge in [-0.1, -0.05) is 43.7 Å². The summed E-state index contributed by atoms with van der Waals surface area (Å²) in [7, 11) is 0. The number of benzene rings is 1. The highest BCUT2D eigenvalue weighted by Gasteiger charge is 2.51. The highest BCUT2D eigenvalue weighted by molar-refractivity contribution is 5.94. The van der Waals surface area contributed by atoms with Gasteiger partial charge in [-0.05, 0) is 43.6 Å². The molecule has 2 aliphatic rings. The van der Waals surface area contributed by atoms with Crippen LogP contribution in [0.25, 0.3) is 0 Å². The van der Waals surface area contributed by atoms with E-state index in [1.54, 1.807) is 0 Å². The second-order valence-corrected chi connectivity index (χ2v) is 8.21. The van der Waals surface area contributed by atoms with Gasteiger partial charge in [-0.15, -0.1) is 0 Å². The largest absolute Gasteiger partial charge is 0.449 e. The molecule has 0 spiro atoms. The Labute approximate surface area is 176 Å². The molecule has 0 bridgehead atoms. The first-order valence-electron chi connectivity index (χ1n) is 10.9. The number of carbonyl (C=O) groups excluding carboxylic acids is 2. The number of ether oxygens (including phenoxy) is 2. The number of halogens is 2. The number of likely N-dealkylation sites (tertiary alicyclic amines) is 1. The lowest BCUT2D eigenvalue weighted by Gasteiger charge is -2.38. The first-order chi connectivity index (χ1) is 14.4. The maximum atomic E-state index is 14.0. The zero-order chi connectivity index (χ0) is 21.6. The summed E-state index contributed by atoms with van der Waals surface area (Å²) in [6.07, 6.45) is 3.57. The molecule has 3 rings (SSSR count). The minimum Gasteiger partial charge on any atom is -0.449 e. The second kappa shape index (κ2) is 10.3. The van der Waals surface area contributed by atoms with Crippen LogP contribution in [0, 0.1) is 0 Å². The highest BCUT2D eigenvalue weighted by Crippen LogP contribution is 2.35. The Balaban J connectivity index is 1.55. The Morgan fingerprint density at radius 2 is 1.87 bits per heavy atom. The predicted molar refractivity (Wildman–Crippen MR) is 109 cm³/mol. The maximum absolute atomic E-state index is 14.0. The molecule has 1 aromatic rings. The molecule has 30 heavy (non-hydrogen) atoms. The molecule has 7 heteroatoms. The van der Waals surface area contributed by atoms with E-state index >= 15 is 0 Å². The third kappa shape index (κ3) is 5.56. The van der Waals surface area contributed by atoms with E-state index in [4.69, 9.17) is 9.47 Å². The molecule has 1 saturated carbocycles. The summed E-state index contributed by atoms with van der Waals surface area (Å²) in [4.78, 5) is 25.8. The lowest BCUT2D eigenvalue weighted by Crippen LogP contribution is -2.59. The van der Waals surface area contributed by atoms with Crippen molar-refractivity contribution in [3.8, 4) is 0 Å². The van der Waals surface area contributed by atoms with Crippen LogP contribution in [-0.2, 0) is 14.3 Å². The van der Waals surface area contributed by atoms with Crippen LogP contribution in [0.2, 0.25) is 0 Å². The van der Waals surface area contributed by atoms with Crippen LogP contribution in [0.4, 0.5) is 13.6 Å². The van der Waals surface area contributed by atoms with Crippen LogP contribution in [0.3, 0.4) is 0 Å². The first kappa shape index (κ1) is 22.7. The van der Waals surface area contributed by atoms with Crippen molar-refractivity contribution in [3.05, 3.63) is 35.9 Å². The van der Waals surface area contributed by atoms with Crippen molar-refractivity contribution in [1.82, 2.24) is 4.90 Å². The number of hydrogen-bond acceptors (Lipinski definition) is 4. The van der Waals surface area contributed by atoms with Crippen LogP contribution in [-0.4, -0.2) is 54.6 Å². The fraction of sp³-hybridized carbons (Fsp3) is 0.652. The third-order valence-corrected chi connectivity index (χ3v) is 6.10. The molecule has 5 nitrogen and oxygen atoms in total. The molecule has 1 aliphatic heterocycles. The van der Waals surface area contributed by atoms with Crippen molar-refractivity contribution in [2.24, 2.45) is 0 Å². The number of alkyl halides is 2. The van der Waals surface area contributed by atoms with Crippen LogP contribution >= 0.6 is 0 Å². The van der Waals surface area contributed by atoms with Crippen LogP contribution in [0.15, 0.2) is 30.3 Å². The third-order valence-electron chi connectivity index (χ3n) is 6.10. The number of hydrogen-bond donors (Lipinski definition) is 0. The summed E-state index contributed by atoms with van der Waals surface area (Å²) in [5, 5.41) is 0. The van der Waals surface area contributed by atoms with Gasteiger partial charge in [0.15, 0.2) is 0 Å². The normalized spacial score (nSPS) is 26.4. The molecule has 0 radical (unpaired) electrons. The van der Waals surface area contributed by atoms with E-state index in [0.29, 0.717) is 12.3 Å². The summed E-state index contributed by atoms with van der Waals surface area (Å²) < 4.78 is 39.1. The Hall–Kier alpha value is -2.02. The van der Waals surface area contributed by atoms with Gasteiger partial charge in [0, 0.05) is 13.0 Å². The Bertz CT molecular complexity index is 704. The molecule has 1 unspecified atom stereocenters. The number of amides is 1. The molecular formula is C23H31F2NO4. The van der Waals surface area contributed by atoms with E-state index in [1.165, 1.54) is 5.56 Å². The first-order valence-corrected chi connectivity index (χ1v) is 10.9. The van der Waals surface area contributed by atoms with Gasteiger partial charge in [-0.2, -0.15) is 8.78 Å². The molecule has 1 amide bonds. The predicted octanol–water partition coefficient (Wildman–Crippen LogP) is 4.94. The summed E-state index contributed by atoms with van der Waals surface area (Å²) >= 11 is 0. The SMILES string of the molecule is CCCCOC(=O)N1CCC(F)(F)C(=O)C1COC1CCC(c2ccccc2)CC1. The molecule has 1 aliphatic carbocycles. The molecule has 0 N–H and O–H groups in total. The second-order valence-electron chi connectivity index (χ2n) is 8.21. The summed E-state index contributed by atoms with van der Waals surface area (Å²) in [5.41, 5.74) is 1.30. The van der Waals surface area contributed by atoms with Crippen molar-refractivity contribution in [2.75, 3.05) is 19.8 Å². The van der Waals surface area contributed by atoms with Crippen LogP contribution in [0.5, 0.6) is 0 Å². The molecular weight excluding hydrogens is 392 g/mol. The van der Waals surface area contributed by atoms with Crippen molar-refractivity contribution < 1.29 is 27.8 Å². The lowest BCUT2D eigenvalue weighted by atomic mass is 9.83. The molecule has 1 atom stereocenters. The number of ketones is 1. The quantitative estimate of drug-likeness (QED) is 0.583. The Morgan fingerprint density at radius 1 is 1.17 bits per heavy atom. The number of carbonyl (C=O) groups is 2. The molecule has 1 saturated heterocycles. The van der Waals surface area contributed by atoms with Crippen molar-refractivity contribution >= 4 is 11.9 Å². The molecule has 1 aromatic carbocycles. The number of rotatable bonds is 7. The summed E-state index contributed by atoms with van der Waals surface area (Å²) in [6, 6.07) is 9.00. The van der Waals surface area contributed by atoms with Gasteiger partial charge in [0.1, 0.15) is 6.04 Å². The molecule has 166 valence electrons. The average molecular weight is 424 g/mol. The number of piperidine rings is 1. The Morgan fingerprint density at radius 3 is 2.53 bits per heavy atom. The van der Waals surface area contributed by atoms with Gasteiger partial charge in [0.2, 0.25) is 5.78 Å². The number of nitrogens with zero attached hydrogens (tertiary/aromatic N) is 1. The minimum absolute atomic E-state index is 0.0914.